The largest absolute Gasteiger partial charge is 0.465 e. The summed E-state index contributed by atoms with van der Waals surface area (Å²) >= 11 is 0. The Kier molecular flexibility index (Phi) is 5.43. The van der Waals surface area contributed by atoms with Gasteiger partial charge in [0.05, 0.1) is 29.3 Å². The van der Waals surface area contributed by atoms with Gasteiger partial charge in [-0.05, 0) is 30.9 Å². The number of fused-ring (bicyclic) bond motifs is 4. The van der Waals surface area contributed by atoms with Crippen LogP contribution in [0.15, 0.2) is 24.5 Å². The number of carbonyl (C=O) groups is 2. The van der Waals surface area contributed by atoms with Gasteiger partial charge in [0.15, 0.2) is 0 Å². The Balaban J connectivity index is 2.08. The number of pyridine rings is 1. The molecule has 0 fully saturated rings. The summed E-state index contributed by atoms with van der Waals surface area (Å²) in [6, 6.07) is 3.27. The molecule has 8 nitrogen and oxygen atoms in total. The minimum atomic E-state index is -1.08. The molecule has 8 heteroatoms. The summed E-state index contributed by atoms with van der Waals surface area (Å²) in [5, 5.41) is 19.1. The Morgan fingerprint density at radius 2 is 2.19 bits per heavy atom. The third-order valence-electron chi connectivity index (χ3n) is 5.06. The van der Waals surface area contributed by atoms with E-state index in [4.69, 9.17) is 0 Å². The monoisotopic (exact) mass is 371 g/mol. The lowest BCUT2D eigenvalue weighted by molar-refractivity contribution is -0.121. The number of hydrogen-bond donors (Lipinski definition) is 3. The highest BCUT2D eigenvalue weighted by molar-refractivity contribution is 5.96. The van der Waals surface area contributed by atoms with Gasteiger partial charge in [-0.2, -0.15) is 5.10 Å². The number of nitrogens with zero attached hydrogens (tertiary/aromatic N) is 3. The van der Waals surface area contributed by atoms with Crippen LogP contribution in [-0.4, -0.2) is 31.9 Å². The van der Waals surface area contributed by atoms with E-state index >= 15 is 0 Å². The van der Waals surface area contributed by atoms with E-state index in [1.54, 1.807) is 17.1 Å². The summed E-state index contributed by atoms with van der Waals surface area (Å²) in [5.41, 5.74) is 2.90. The number of aromatic nitrogens is 3. The van der Waals surface area contributed by atoms with Crippen LogP contribution in [0.3, 0.4) is 0 Å². The molecule has 0 radical (unpaired) electrons. The smallest absolute Gasteiger partial charge is 0.405 e. The lowest BCUT2D eigenvalue weighted by Crippen LogP contribution is -2.30. The number of aryl methyl sites for hydroxylation is 1. The van der Waals surface area contributed by atoms with Crippen LogP contribution in [0, 0.1) is 11.8 Å². The molecule has 3 N–H and O–H groups in total. The number of rotatable bonds is 2. The molecule has 1 aliphatic rings. The normalized spacial score (nSPS) is 20.2. The number of amides is 2. The van der Waals surface area contributed by atoms with Gasteiger partial charge in [0.2, 0.25) is 5.91 Å². The van der Waals surface area contributed by atoms with Gasteiger partial charge in [0.25, 0.3) is 0 Å². The van der Waals surface area contributed by atoms with E-state index < -0.39 is 12.1 Å². The van der Waals surface area contributed by atoms with Crippen molar-refractivity contribution in [1.29, 1.82) is 0 Å². The molecule has 0 unspecified atom stereocenters. The van der Waals surface area contributed by atoms with Crippen LogP contribution in [0.25, 0.3) is 11.3 Å². The first-order valence-corrected chi connectivity index (χ1v) is 9.15. The maximum Gasteiger partial charge on any atom is 0.405 e. The summed E-state index contributed by atoms with van der Waals surface area (Å²) in [6.07, 6.45) is 4.19. The number of carbonyl (C=O) groups excluding carboxylic acids is 1. The van der Waals surface area contributed by atoms with E-state index in [1.807, 2.05) is 33.0 Å². The van der Waals surface area contributed by atoms with Gasteiger partial charge in [0, 0.05) is 24.7 Å². The highest BCUT2D eigenvalue weighted by atomic mass is 16.4. The molecule has 3 heterocycles. The first kappa shape index (κ1) is 18.9. The van der Waals surface area contributed by atoms with Gasteiger partial charge < -0.3 is 15.7 Å². The molecule has 2 bridgehead atoms. The fraction of sp³-hybridized carbons (Fsp3) is 0.474. The second-order valence-corrected chi connectivity index (χ2v) is 7.27. The number of hydrogen-bond acceptors (Lipinski definition) is 4. The van der Waals surface area contributed by atoms with Crippen molar-refractivity contribution in [1.82, 2.24) is 20.1 Å². The Bertz CT molecular complexity index is 846. The van der Waals surface area contributed by atoms with Crippen molar-refractivity contribution >= 4 is 17.7 Å². The van der Waals surface area contributed by atoms with Crippen molar-refractivity contribution in [3.8, 4) is 11.3 Å². The molecule has 0 saturated heterocycles. The Labute approximate surface area is 158 Å². The third-order valence-corrected chi connectivity index (χ3v) is 5.06. The van der Waals surface area contributed by atoms with Crippen molar-refractivity contribution < 1.29 is 14.7 Å². The zero-order valence-corrected chi connectivity index (χ0v) is 15.8. The van der Waals surface area contributed by atoms with Crippen LogP contribution in [-0.2, 0) is 11.8 Å². The molecule has 2 aromatic heterocycles. The quantitative estimate of drug-likeness (QED) is 0.751. The van der Waals surface area contributed by atoms with Gasteiger partial charge in [-0.3, -0.25) is 14.5 Å². The molecule has 0 aliphatic carbocycles. The molecular weight excluding hydrogens is 346 g/mol. The van der Waals surface area contributed by atoms with E-state index in [1.165, 1.54) is 0 Å². The fourth-order valence-corrected chi connectivity index (χ4v) is 3.64. The molecule has 2 aromatic rings. The SMILES string of the molecule is CC(C)[C@H]1CCC[C@H](NC(=O)O)c2cc(ccn2)-c2c(cnn2C)NC1=O. The van der Waals surface area contributed by atoms with Gasteiger partial charge in [-0.1, -0.05) is 20.3 Å². The third kappa shape index (κ3) is 4.10. The standard InChI is InChI=1S/C19H25N5O3/c1-11(2)13-5-4-6-14(23-19(26)27)15-9-12(7-8-20-15)17-16(22-18(13)25)10-21-24(17)3/h7-11,13-14,23H,4-6H2,1-3H3,(H,22,25)(H,26,27)/t13-,14+/m1/s1. The highest BCUT2D eigenvalue weighted by Crippen LogP contribution is 2.32. The van der Waals surface area contributed by atoms with E-state index in [0.717, 1.165) is 11.3 Å². The van der Waals surface area contributed by atoms with Gasteiger partial charge in [0.1, 0.15) is 0 Å². The van der Waals surface area contributed by atoms with Crippen molar-refractivity contribution in [3.63, 3.8) is 0 Å². The van der Waals surface area contributed by atoms with Crippen LogP contribution in [0.2, 0.25) is 0 Å². The maximum absolute atomic E-state index is 12.9. The topological polar surface area (TPSA) is 109 Å². The van der Waals surface area contributed by atoms with Gasteiger partial charge in [-0.15, -0.1) is 0 Å². The Morgan fingerprint density at radius 1 is 1.41 bits per heavy atom. The summed E-state index contributed by atoms with van der Waals surface area (Å²) in [4.78, 5) is 28.5. The van der Waals surface area contributed by atoms with Crippen molar-refractivity contribution in [2.24, 2.45) is 18.9 Å². The first-order chi connectivity index (χ1) is 12.9. The molecular formula is C19H25N5O3. The van der Waals surface area contributed by atoms with E-state index in [9.17, 15) is 14.7 Å². The first-order valence-electron chi connectivity index (χ1n) is 9.15. The van der Waals surface area contributed by atoms with Crippen LogP contribution >= 0.6 is 0 Å². The zero-order chi connectivity index (χ0) is 19.6. The summed E-state index contributed by atoms with van der Waals surface area (Å²) in [5.74, 6) is -0.0130. The lowest BCUT2D eigenvalue weighted by Gasteiger charge is -2.23. The molecule has 144 valence electrons. The number of nitrogens with one attached hydrogen (secondary N) is 2. The minimum absolute atomic E-state index is 0.0307. The van der Waals surface area contributed by atoms with Gasteiger partial charge in [-0.25, -0.2) is 4.79 Å². The van der Waals surface area contributed by atoms with Crippen molar-refractivity contribution in [2.75, 3.05) is 5.32 Å². The second kappa shape index (κ2) is 7.77. The van der Waals surface area contributed by atoms with Crippen molar-refractivity contribution in [2.45, 2.75) is 39.2 Å². The number of carboxylic acid groups (broad SMARTS) is 1. The molecule has 1 aliphatic heterocycles. The van der Waals surface area contributed by atoms with E-state index in [0.29, 0.717) is 30.6 Å². The van der Waals surface area contributed by atoms with E-state index in [-0.39, 0.29) is 17.7 Å². The molecule has 0 saturated carbocycles. The molecule has 27 heavy (non-hydrogen) atoms. The summed E-state index contributed by atoms with van der Waals surface area (Å²) in [7, 11) is 1.81. The maximum atomic E-state index is 12.9. The zero-order valence-electron chi connectivity index (χ0n) is 15.8. The molecule has 2 amide bonds. The predicted octanol–water partition coefficient (Wildman–Crippen LogP) is 3.19. The Hall–Kier alpha value is -2.90. The lowest BCUT2D eigenvalue weighted by atomic mass is 9.88. The highest BCUT2D eigenvalue weighted by Gasteiger charge is 2.26. The predicted molar refractivity (Wildman–Crippen MR) is 101 cm³/mol. The Morgan fingerprint density at radius 3 is 2.89 bits per heavy atom. The minimum Gasteiger partial charge on any atom is -0.465 e. The summed E-state index contributed by atoms with van der Waals surface area (Å²) in [6.45, 7) is 4.05. The van der Waals surface area contributed by atoms with E-state index in [2.05, 4.69) is 20.7 Å². The van der Waals surface area contributed by atoms with Crippen molar-refractivity contribution in [3.05, 3.63) is 30.2 Å². The molecule has 0 spiro atoms. The summed E-state index contributed by atoms with van der Waals surface area (Å²) < 4.78 is 1.70. The number of anilines is 1. The second-order valence-electron chi connectivity index (χ2n) is 7.27. The van der Waals surface area contributed by atoms with Gasteiger partial charge >= 0.3 is 6.09 Å². The van der Waals surface area contributed by atoms with Crippen LogP contribution in [0.1, 0.15) is 44.8 Å². The van der Waals surface area contributed by atoms with Crippen LogP contribution < -0.4 is 10.6 Å². The van der Waals surface area contributed by atoms with Crippen LogP contribution in [0.5, 0.6) is 0 Å². The fourth-order valence-electron chi connectivity index (χ4n) is 3.64. The average Bonchev–Trinajstić information content (AvgIpc) is 2.96. The molecule has 2 atom stereocenters. The van der Waals surface area contributed by atoms with Crippen LogP contribution in [0.4, 0.5) is 10.5 Å². The molecule has 0 aromatic carbocycles. The average molecular weight is 371 g/mol. The molecule has 3 rings (SSSR count).